The van der Waals surface area contributed by atoms with E-state index in [9.17, 15) is 2.74 Å². The Hall–Kier alpha value is -7.98. The second kappa shape index (κ2) is 15.5. The summed E-state index contributed by atoms with van der Waals surface area (Å²) in [6.07, 6.45) is 0. The molecule has 0 fully saturated rings. The molecule has 0 aliphatic heterocycles. The van der Waals surface area contributed by atoms with E-state index in [1.807, 2.05) is 47.0 Å². The van der Waals surface area contributed by atoms with Gasteiger partial charge in [-0.05, 0) is 94.0 Å². The molecule has 0 radical (unpaired) electrons. The Kier molecular flexibility index (Phi) is 7.83. The third-order valence-corrected chi connectivity index (χ3v) is 13.3. The molecule has 0 bridgehead atoms. The lowest BCUT2D eigenvalue weighted by Gasteiger charge is -2.26. The summed E-state index contributed by atoms with van der Waals surface area (Å²) in [5.74, 6) is 0. The van der Waals surface area contributed by atoms with Crippen LogP contribution in [-0.2, 0) is 0 Å². The van der Waals surface area contributed by atoms with Crippen LogP contribution in [-0.4, -0.2) is 4.57 Å². The van der Waals surface area contributed by atoms with Gasteiger partial charge in [-0.25, -0.2) is 0 Å². The first-order valence-corrected chi connectivity index (χ1v) is 21.9. The van der Waals surface area contributed by atoms with Crippen molar-refractivity contribution in [2.45, 2.75) is 0 Å². The SMILES string of the molecule is [2H]c1c([2H])c([2H])c(-n2c3ccccc3c3c(-c4ccccc4)c(-c4ccc(N(c5ccc(-c6ccccc6)cc5)c5ccc(-c6ccccc6)cc5)cc4)c4sc5ccccc5c4c32)c([2H])c1[2H]. The van der Waals surface area contributed by atoms with Crippen LogP contribution in [0.1, 0.15) is 6.85 Å². The molecule has 0 aliphatic rings. The van der Waals surface area contributed by atoms with Crippen molar-refractivity contribution >= 4 is 70.4 Å². The first kappa shape index (κ1) is 31.8. The van der Waals surface area contributed by atoms with E-state index in [4.69, 9.17) is 4.11 Å². The summed E-state index contributed by atoms with van der Waals surface area (Å²) in [7, 11) is 0. The molecule has 2 heterocycles. The highest BCUT2D eigenvalue weighted by molar-refractivity contribution is 7.26. The molecule has 12 rings (SSSR count). The highest BCUT2D eigenvalue weighted by Crippen LogP contribution is 2.53. The van der Waals surface area contributed by atoms with Crippen LogP contribution in [0, 0.1) is 0 Å². The van der Waals surface area contributed by atoms with Crippen LogP contribution < -0.4 is 4.90 Å². The topological polar surface area (TPSA) is 8.17 Å². The number of hydrogen-bond donors (Lipinski definition) is 0. The van der Waals surface area contributed by atoms with Gasteiger partial charge in [0.2, 0.25) is 0 Å². The molecular formula is C60H40N2S. The molecule has 10 aromatic carbocycles. The van der Waals surface area contributed by atoms with Crippen LogP contribution in [0.5, 0.6) is 0 Å². The Morgan fingerprint density at radius 1 is 0.381 bits per heavy atom. The van der Waals surface area contributed by atoms with Crippen LogP contribution in [0.25, 0.3) is 92.2 Å². The minimum atomic E-state index is -0.418. The molecule has 0 amide bonds. The smallest absolute Gasteiger partial charge is 0.0645 e. The van der Waals surface area contributed by atoms with E-state index in [1.165, 1.54) is 0 Å². The highest BCUT2D eigenvalue weighted by Gasteiger charge is 2.27. The third-order valence-electron chi connectivity index (χ3n) is 12.1. The number of aromatic nitrogens is 1. The van der Waals surface area contributed by atoms with Gasteiger partial charge in [0.15, 0.2) is 0 Å². The van der Waals surface area contributed by atoms with Gasteiger partial charge in [0.1, 0.15) is 0 Å². The van der Waals surface area contributed by atoms with Crippen LogP contribution >= 0.6 is 11.3 Å². The number of para-hydroxylation sites is 2. The van der Waals surface area contributed by atoms with Gasteiger partial charge in [-0.15, -0.1) is 11.3 Å². The summed E-state index contributed by atoms with van der Waals surface area (Å²) in [6.45, 7) is 0. The number of anilines is 3. The number of hydrogen-bond acceptors (Lipinski definition) is 2. The fraction of sp³-hybridized carbons (Fsp3) is 0. The fourth-order valence-corrected chi connectivity index (χ4v) is 10.5. The lowest BCUT2D eigenvalue weighted by molar-refractivity contribution is 1.19. The second-order valence-electron chi connectivity index (χ2n) is 15.7. The van der Waals surface area contributed by atoms with E-state index in [2.05, 4.69) is 175 Å². The molecule has 0 unspecified atom stereocenters. The molecule has 0 N–H and O–H groups in total. The quantitative estimate of drug-likeness (QED) is 0.148. The first-order valence-electron chi connectivity index (χ1n) is 23.6. The van der Waals surface area contributed by atoms with Gasteiger partial charge in [-0.2, -0.15) is 0 Å². The van der Waals surface area contributed by atoms with E-state index in [1.54, 1.807) is 11.3 Å². The van der Waals surface area contributed by atoms with Crippen LogP contribution in [0.15, 0.2) is 243 Å². The van der Waals surface area contributed by atoms with E-state index >= 15 is 0 Å². The van der Waals surface area contributed by atoms with Crippen LogP contribution in [0.4, 0.5) is 17.1 Å². The highest BCUT2D eigenvalue weighted by atomic mass is 32.1. The number of rotatable bonds is 8. The van der Waals surface area contributed by atoms with Crippen molar-refractivity contribution in [3.8, 4) is 50.2 Å². The molecule has 296 valence electrons. The Morgan fingerprint density at radius 3 is 1.40 bits per heavy atom. The largest absolute Gasteiger partial charge is 0.311 e. The molecule has 0 atom stereocenters. The molecule has 2 nitrogen and oxygen atoms in total. The second-order valence-corrected chi connectivity index (χ2v) is 16.7. The summed E-state index contributed by atoms with van der Waals surface area (Å²) in [4.78, 5) is 2.30. The molecule has 2 aromatic heterocycles. The minimum Gasteiger partial charge on any atom is -0.311 e. The zero-order valence-corrected chi connectivity index (χ0v) is 34.8. The minimum absolute atomic E-state index is 0.128. The van der Waals surface area contributed by atoms with Crippen molar-refractivity contribution in [2.75, 3.05) is 4.90 Å². The van der Waals surface area contributed by atoms with E-state index in [0.717, 1.165) is 104 Å². The lowest BCUT2D eigenvalue weighted by Crippen LogP contribution is -2.09. The van der Waals surface area contributed by atoms with Crippen LogP contribution in [0.2, 0.25) is 0 Å². The van der Waals surface area contributed by atoms with Crippen molar-refractivity contribution in [1.82, 2.24) is 4.57 Å². The molecule has 0 saturated heterocycles. The molecule has 3 heteroatoms. The maximum Gasteiger partial charge on any atom is 0.0645 e. The molecule has 0 spiro atoms. The number of benzene rings is 10. The third kappa shape index (κ3) is 6.33. The number of nitrogens with zero attached hydrogens (tertiary/aromatic N) is 2. The number of fused-ring (bicyclic) bond motifs is 7. The number of thiophene rings is 1. The zero-order chi connectivity index (χ0) is 46.0. The zero-order valence-electron chi connectivity index (χ0n) is 39.0. The lowest BCUT2D eigenvalue weighted by atomic mass is 9.88. The Balaban J connectivity index is 1.12. The Labute approximate surface area is 377 Å². The predicted octanol–water partition coefficient (Wildman–Crippen LogP) is 17.3. The van der Waals surface area contributed by atoms with Crippen LogP contribution in [0.3, 0.4) is 0 Å². The normalized spacial score (nSPS) is 12.6. The summed E-state index contributed by atoms with van der Waals surface area (Å²) >= 11 is 1.72. The van der Waals surface area contributed by atoms with Crippen molar-refractivity contribution in [3.05, 3.63) is 243 Å². The molecular weight excluding hydrogens is 781 g/mol. The summed E-state index contributed by atoms with van der Waals surface area (Å²) in [5, 5.41) is 3.89. The summed E-state index contributed by atoms with van der Waals surface area (Å²) < 4.78 is 48.6. The maximum atomic E-state index is 9.27. The van der Waals surface area contributed by atoms with E-state index in [0.29, 0.717) is 0 Å². The van der Waals surface area contributed by atoms with Crippen molar-refractivity contribution in [3.63, 3.8) is 0 Å². The molecule has 0 saturated carbocycles. The van der Waals surface area contributed by atoms with Gasteiger partial charge in [-0.3, -0.25) is 0 Å². The fourth-order valence-electron chi connectivity index (χ4n) is 9.27. The van der Waals surface area contributed by atoms with Crippen molar-refractivity contribution in [2.24, 2.45) is 0 Å². The predicted molar refractivity (Wildman–Crippen MR) is 270 cm³/mol. The standard InChI is InChI=1S/C60H40N2S/c1-5-17-41(18-6-1)43-29-35-48(36-30-43)61(49-37-31-44(32-38-49)42-19-7-2-8-20-42)50-39-33-46(34-40-50)56-55(45-21-9-3-10-22-45)57-51-25-13-15-27-53(51)62(47-23-11-4-12-24-47)59(57)58-52-26-14-16-28-54(52)63-60(56)58/h1-40H/i4D,11D,12D,23D,24D. The Morgan fingerprint density at radius 2 is 0.825 bits per heavy atom. The molecule has 12 aromatic rings. The monoisotopic (exact) mass is 825 g/mol. The first-order chi connectivity index (χ1) is 33.4. The van der Waals surface area contributed by atoms with Gasteiger partial charge < -0.3 is 9.47 Å². The van der Waals surface area contributed by atoms with E-state index < -0.39 is 6.04 Å². The molecule has 63 heavy (non-hydrogen) atoms. The summed E-state index contributed by atoms with van der Waals surface area (Å²) in [6, 6.07) is 72.5. The maximum absolute atomic E-state index is 9.27. The van der Waals surface area contributed by atoms with E-state index in [-0.39, 0.29) is 29.9 Å². The summed E-state index contributed by atoms with van der Waals surface area (Å²) in [5.41, 5.74) is 13.5. The van der Waals surface area contributed by atoms with Crippen molar-refractivity contribution < 1.29 is 6.85 Å². The van der Waals surface area contributed by atoms with Gasteiger partial charge in [0.25, 0.3) is 0 Å². The average molecular weight is 826 g/mol. The average Bonchev–Trinajstić information content (AvgIpc) is 3.95. The van der Waals surface area contributed by atoms with Gasteiger partial charge >= 0.3 is 0 Å². The van der Waals surface area contributed by atoms with Gasteiger partial charge in [0.05, 0.1) is 17.9 Å². The Bertz CT molecular complexity index is 3760. The van der Waals surface area contributed by atoms with Gasteiger partial charge in [0, 0.05) is 64.8 Å². The van der Waals surface area contributed by atoms with Gasteiger partial charge in [-0.1, -0.05) is 182 Å². The molecule has 0 aliphatic carbocycles. The van der Waals surface area contributed by atoms with Crippen molar-refractivity contribution in [1.29, 1.82) is 0 Å².